The molecule has 0 amide bonds. The second-order valence-corrected chi connectivity index (χ2v) is 6.36. The van der Waals surface area contributed by atoms with Crippen molar-refractivity contribution in [3.63, 3.8) is 0 Å². The van der Waals surface area contributed by atoms with E-state index in [4.69, 9.17) is 4.74 Å². The van der Waals surface area contributed by atoms with E-state index in [0.29, 0.717) is 18.7 Å². The predicted octanol–water partition coefficient (Wildman–Crippen LogP) is 1.59. The van der Waals surface area contributed by atoms with Gasteiger partial charge in [0.25, 0.3) is 0 Å². The minimum absolute atomic E-state index is 0.0711. The van der Waals surface area contributed by atoms with E-state index in [9.17, 15) is 5.11 Å². The van der Waals surface area contributed by atoms with Crippen LogP contribution in [0.1, 0.15) is 32.4 Å². The standard InChI is InChI=1S/C16H24N4O2/c1-11(2)20-16-14(6-18-20)4-13(5-17-16)7-19-8-15(9-21)22-10-12(19)3/h4-6,11-12,15,21H,7-10H2,1-3H3. The molecule has 0 spiro atoms. The van der Waals surface area contributed by atoms with E-state index in [2.05, 4.69) is 41.8 Å². The van der Waals surface area contributed by atoms with Crippen LogP contribution in [0.4, 0.5) is 0 Å². The smallest absolute Gasteiger partial charge is 0.157 e. The summed E-state index contributed by atoms with van der Waals surface area (Å²) in [6, 6.07) is 2.81. The number of hydrogen-bond donors (Lipinski definition) is 1. The lowest BCUT2D eigenvalue weighted by Crippen LogP contribution is -2.48. The summed E-state index contributed by atoms with van der Waals surface area (Å²) in [4.78, 5) is 6.92. The average Bonchev–Trinajstić information content (AvgIpc) is 2.93. The third kappa shape index (κ3) is 2.99. The number of fused-ring (bicyclic) bond motifs is 1. The molecule has 2 aromatic rings. The Balaban J connectivity index is 1.79. The van der Waals surface area contributed by atoms with Gasteiger partial charge in [0.1, 0.15) is 0 Å². The summed E-state index contributed by atoms with van der Waals surface area (Å²) in [6.07, 6.45) is 3.72. The Morgan fingerprint density at radius 1 is 1.41 bits per heavy atom. The van der Waals surface area contributed by atoms with Gasteiger partial charge in [0.05, 0.1) is 25.5 Å². The van der Waals surface area contributed by atoms with Crippen LogP contribution in [0, 0.1) is 0 Å². The summed E-state index contributed by atoms with van der Waals surface area (Å²) in [6.45, 7) is 8.65. The van der Waals surface area contributed by atoms with Gasteiger partial charge in [-0.3, -0.25) is 4.90 Å². The first-order chi connectivity index (χ1) is 10.6. The summed E-state index contributed by atoms with van der Waals surface area (Å²) < 4.78 is 7.53. The minimum atomic E-state index is -0.0865. The van der Waals surface area contributed by atoms with Crippen LogP contribution in [0.25, 0.3) is 11.0 Å². The first kappa shape index (κ1) is 15.4. The highest BCUT2D eigenvalue weighted by molar-refractivity contribution is 5.75. The molecule has 0 aliphatic carbocycles. The molecule has 2 atom stereocenters. The van der Waals surface area contributed by atoms with Gasteiger partial charge >= 0.3 is 0 Å². The number of ether oxygens (including phenoxy) is 1. The molecule has 6 nitrogen and oxygen atoms in total. The van der Waals surface area contributed by atoms with Crippen LogP contribution >= 0.6 is 0 Å². The maximum atomic E-state index is 9.28. The second-order valence-electron chi connectivity index (χ2n) is 6.36. The maximum Gasteiger partial charge on any atom is 0.157 e. The topological polar surface area (TPSA) is 63.4 Å². The quantitative estimate of drug-likeness (QED) is 0.929. The van der Waals surface area contributed by atoms with Gasteiger partial charge in [-0.2, -0.15) is 5.10 Å². The molecule has 22 heavy (non-hydrogen) atoms. The second kappa shape index (κ2) is 6.32. The number of morpholine rings is 1. The molecule has 0 saturated carbocycles. The first-order valence-electron chi connectivity index (χ1n) is 7.87. The van der Waals surface area contributed by atoms with Crippen molar-refractivity contribution in [2.24, 2.45) is 0 Å². The van der Waals surface area contributed by atoms with Crippen molar-refractivity contribution in [1.29, 1.82) is 0 Å². The fraction of sp³-hybridized carbons (Fsp3) is 0.625. The molecule has 0 bridgehead atoms. The third-order valence-corrected chi connectivity index (χ3v) is 4.20. The van der Waals surface area contributed by atoms with Gasteiger partial charge in [-0.1, -0.05) is 0 Å². The van der Waals surface area contributed by atoms with Gasteiger partial charge in [-0.15, -0.1) is 0 Å². The van der Waals surface area contributed by atoms with E-state index < -0.39 is 0 Å². The van der Waals surface area contributed by atoms with Crippen LogP contribution in [0.2, 0.25) is 0 Å². The van der Waals surface area contributed by atoms with E-state index in [0.717, 1.165) is 24.1 Å². The number of aromatic nitrogens is 3. The van der Waals surface area contributed by atoms with Crippen LogP contribution in [0.3, 0.4) is 0 Å². The van der Waals surface area contributed by atoms with Gasteiger partial charge in [0.15, 0.2) is 5.65 Å². The average molecular weight is 304 g/mol. The van der Waals surface area contributed by atoms with Crippen LogP contribution in [-0.4, -0.2) is 56.7 Å². The van der Waals surface area contributed by atoms with Crippen molar-refractivity contribution < 1.29 is 9.84 Å². The Labute approximate surface area is 130 Å². The summed E-state index contributed by atoms with van der Waals surface area (Å²) in [7, 11) is 0. The lowest BCUT2D eigenvalue weighted by atomic mass is 10.1. The molecule has 120 valence electrons. The molecule has 3 rings (SSSR count). The zero-order valence-electron chi connectivity index (χ0n) is 13.4. The van der Waals surface area contributed by atoms with Gasteiger partial charge in [0, 0.05) is 36.8 Å². The van der Waals surface area contributed by atoms with E-state index in [1.54, 1.807) is 0 Å². The number of pyridine rings is 1. The highest BCUT2D eigenvalue weighted by atomic mass is 16.5. The van der Waals surface area contributed by atoms with Crippen LogP contribution < -0.4 is 0 Å². The van der Waals surface area contributed by atoms with E-state index in [1.165, 1.54) is 5.56 Å². The molecule has 2 aromatic heterocycles. The molecule has 2 unspecified atom stereocenters. The maximum absolute atomic E-state index is 9.28. The zero-order valence-corrected chi connectivity index (χ0v) is 13.4. The van der Waals surface area contributed by atoms with Crippen molar-refractivity contribution in [2.75, 3.05) is 19.8 Å². The van der Waals surface area contributed by atoms with Crippen molar-refractivity contribution in [3.8, 4) is 0 Å². The highest BCUT2D eigenvalue weighted by Gasteiger charge is 2.25. The summed E-state index contributed by atoms with van der Waals surface area (Å²) in [5.74, 6) is 0. The summed E-state index contributed by atoms with van der Waals surface area (Å²) in [5, 5.41) is 14.8. The Morgan fingerprint density at radius 2 is 2.23 bits per heavy atom. The SMILES string of the molecule is CC1COC(CO)CN1Cc1cnc2c(cnn2C(C)C)c1. The molecule has 1 saturated heterocycles. The molecule has 6 heteroatoms. The normalized spacial score (nSPS) is 23.5. The number of nitrogens with zero attached hydrogens (tertiary/aromatic N) is 4. The zero-order chi connectivity index (χ0) is 15.7. The van der Waals surface area contributed by atoms with Gasteiger partial charge < -0.3 is 9.84 Å². The molecular formula is C16H24N4O2. The van der Waals surface area contributed by atoms with Gasteiger partial charge in [0.2, 0.25) is 0 Å². The largest absolute Gasteiger partial charge is 0.394 e. The molecule has 1 fully saturated rings. The van der Waals surface area contributed by atoms with E-state index in [-0.39, 0.29) is 12.7 Å². The lowest BCUT2D eigenvalue weighted by molar-refractivity contribution is -0.0805. The summed E-state index contributed by atoms with van der Waals surface area (Å²) >= 11 is 0. The fourth-order valence-electron chi connectivity index (χ4n) is 2.89. The molecule has 1 aliphatic heterocycles. The highest BCUT2D eigenvalue weighted by Crippen LogP contribution is 2.19. The predicted molar refractivity (Wildman–Crippen MR) is 84.6 cm³/mol. The Bertz CT molecular complexity index is 640. The Morgan fingerprint density at radius 3 is 2.95 bits per heavy atom. The van der Waals surface area contributed by atoms with Crippen molar-refractivity contribution in [3.05, 3.63) is 24.0 Å². The van der Waals surface area contributed by atoms with Crippen molar-refractivity contribution in [1.82, 2.24) is 19.7 Å². The molecule has 3 heterocycles. The third-order valence-electron chi connectivity index (χ3n) is 4.20. The van der Waals surface area contributed by atoms with Gasteiger partial charge in [-0.25, -0.2) is 9.67 Å². The number of hydrogen-bond acceptors (Lipinski definition) is 5. The van der Waals surface area contributed by atoms with Crippen LogP contribution in [0.15, 0.2) is 18.5 Å². The molecule has 1 N–H and O–H groups in total. The molecular weight excluding hydrogens is 280 g/mol. The number of aliphatic hydroxyl groups excluding tert-OH is 1. The van der Waals surface area contributed by atoms with Gasteiger partial charge in [-0.05, 0) is 32.4 Å². The van der Waals surface area contributed by atoms with E-state index >= 15 is 0 Å². The van der Waals surface area contributed by atoms with E-state index in [1.807, 2.05) is 17.1 Å². The monoisotopic (exact) mass is 304 g/mol. The number of aliphatic hydroxyl groups is 1. The number of rotatable bonds is 4. The summed E-state index contributed by atoms with van der Waals surface area (Å²) in [5.41, 5.74) is 2.10. The Hall–Kier alpha value is -1.50. The Kier molecular flexibility index (Phi) is 4.42. The van der Waals surface area contributed by atoms with Crippen LogP contribution in [-0.2, 0) is 11.3 Å². The molecule has 1 aliphatic rings. The van der Waals surface area contributed by atoms with Crippen molar-refractivity contribution >= 4 is 11.0 Å². The van der Waals surface area contributed by atoms with Crippen LogP contribution in [0.5, 0.6) is 0 Å². The first-order valence-corrected chi connectivity index (χ1v) is 7.87. The molecule has 0 aromatic carbocycles. The lowest BCUT2D eigenvalue weighted by Gasteiger charge is -2.37. The van der Waals surface area contributed by atoms with Crippen molar-refractivity contribution in [2.45, 2.75) is 45.5 Å². The fourth-order valence-corrected chi connectivity index (χ4v) is 2.89. The minimum Gasteiger partial charge on any atom is -0.394 e. The molecule has 0 radical (unpaired) electrons.